The van der Waals surface area contributed by atoms with Crippen molar-refractivity contribution in [2.45, 2.75) is 58.8 Å². The van der Waals surface area contributed by atoms with E-state index in [1.165, 1.54) is 42.4 Å². The van der Waals surface area contributed by atoms with Gasteiger partial charge in [0.2, 0.25) is 11.8 Å². The number of piperidine rings is 1. The SMILES string of the molecule is Cc1ccc(NC(=O)CN2CCC(C(=O)NCCC3=CCCCC3)CC2)cc1C. The third-order valence-electron chi connectivity index (χ3n) is 6.25. The van der Waals surface area contributed by atoms with Crippen LogP contribution in [0.3, 0.4) is 0 Å². The van der Waals surface area contributed by atoms with Crippen LogP contribution in [0.15, 0.2) is 29.8 Å². The van der Waals surface area contributed by atoms with Crippen LogP contribution in [0.25, 0.3) is 0 Å². The Morgan fingerprint density at radius 3 is 2.59 bits per heavy atom. The molecule has 0 saturated carbocycles. The zero-order valence-electron chi connectivity index (χ0n) is 17.9. The minimum atomic E-state index is 0.0110. The summed E-state index contributed by atoms with van der Waals surface area (Å²) >= 11 is 0. The van der Waals surface area contributed by atoms with Gasteiger partial charge in [0.15, 0.2) is 0 Å². The monoisotopic (exact) mass is 397 g/mol. The van der Waals surface area contributed by atoms with Crippen molar-refractivity contribution in [1.29, 1.82) is 0 Å². The molecule has 3 rings (SSSR count). The number of carbonyl (C=O) groups is 2. The molecule has 0 unspecified atom stereocenters. The molecule has 2 amide bonds. The fraction of sp³-hybridized carbons (Fsp3) is 0.583. The van der Waals surface area contributed by atoms with Crippen molar-refractivity contribution in [2.24, 2.45) is 5.92 Å². The molecule has 1 aliphatic carbocycles. The third-order valence-corrected chi connectivity index (χ3v) is 6.25. The Labute approximate surface area is 174 Å². The Balaban J connectivity index is 1.34. The maximum absolute atomic E-state index is 12.4. The molecule has 0 bridgehead atoms. The molecule has 1 aromatic carbocycles. The van der Waals surface area contributed by atoms with Gasteiger partial charge in [-0.1, -0.05) is 17.7 Å². The van der Waals surface area contributed by atoms with Gasteiger partial charge in [-0.15, -0.1) is 0 Å². The van der Waals surface area contributed by atoms with Crippen LogP contribution in [0, 0.1) is 19.8 Å². The van der Waals surface area contributed by atoms with Gasteiger partial charge in [-0.3, -0.25) is 14.5 Å². The Hall–Kier alpha value is -2.14. The van der Waals surface area contributed by atoms with E-state index in [2.05, 4.69) is 28.5 Å². The summed E-state index contributed by atoms with van der Waals surface area (Å²) in [4.78, 5) is 26.9. The minimum Gasteiger partial charge on any atom is -0.356 e. The maximum atomic E-state index is 12.4. The van der Waals surface area contributed by atoms with Crippen molar-refractivity contribution in [1.82, 2.24) is 10.2 Å². The first-order valence-electron chi connectivity index (χ1n) is 11.1. The summed E-state index contributed by atoms with van der Waals surface area (Å²) in [6.45, 7) is 6.84. The van der Waals surface area contributed by atoms with Crippen LogP contribution in [-0.4, -0.2) is 42.9 Å². The van der Waals surface area contributed by atoms with Crippen LogP contribution in [0.1, 0.15) is 56.1 Å². The summed E-state index contributed by atoms with van der Waals surface area (Å²) in [5.74, 6) is 0.270. The number of aryl methyl sites for hydroxylation is 2. The van der Waals surface area contributed by atoms with Gasteiger partial charge in [-0.05, 0) is 95.1 Å². The zero-order chi connectivity index (χ0) is 20.6. The molecule has 2 N–H and O–H groups in total. The lowest BCUT2D eigenvalue weighted by molar-refractivity contribution is -0.126. The molecule has 0 atom stereocenters. The standard InChI is InChI=1S/C24H35N3O2/c1-18-8-9-22(16-19(18)2)26-23(28)17-27-14-11-21(12-15-27)24(29)25-13-10-20-6-4-3-5-7-20/h6,8-9,16,21H,3-5,7,10-15,17H2,1-2H3,(H,25,29)(H,26,28). The number of nitrogens with one attached hydrogen (secondary N) is 2. The molecule has 1 aromatic rings. The predicted molar refractivity (Wildman–Crippen MR) is 118 cm³/mol. The number of hydrogen-bond acceptors (Lipinski definition) is 3. The number of rotatable bonds is 7. The largest absolute Gasteiger partial charge is 0.356 e. The van der Waals surface area contributed by atoms with Crippen molar-refractivity contribution in [2.75, 3.05) is 31.5 Å². The molecule has 1 saturated heterocycles. The molecule has 1 fully saturated rings. The molecule has 158 valence electrons. The number of nitrogens with zero attached hydrogens (tertiary/aromatic N) is 1. The van der Waals surface area contributed by atoms with E-state index in [1.54, 1.807) is 0 Å². The second-order valence-electron chi connectivity index (χ2n) is 8.55. The number of carbonyl (C=O) groups excluding carboxylic acids is 2. The first kappa shape index (κ1) is 21.6. The number of amides is 2. The van der Waals surface area contributed by atoms with Gasteiger partial charge in [-0.2, -0.15) is 0 Å². The smallest absolute Gasteiger partial charge is 0.238 e. The summed E-state index contributed by atoms with van der Waals surface area (Å²) in [5.41, 5.74) is 4.75. The molecule has 1 heterocycles. The lowest BCUT2D eigenvalue weighted by Crippen LogP contribution is -2.43. The zero-order valence-corrected chi connectivity index (χ0v) is 17.9. The highest BCUT2D eigenvalue weighted by molar-refractivity contribution is 5.92. The fourth-order valence-electron chi connectivity index (χ4n) is 4.20. The topological polar surface area (TPSA) is 61.4 Å². The lowest BCUT2D eigenvalue weighted by atomic mass is 9.95. The van der Waals surface area contributed by atoms with E-state index in [1.807, 2.05) is 25.1 Å². The average Bonchev–Trinajstić information content (AvgIpc) is 2.72. The summed E-state index contributed by atoms with van der Waals surface area (Å²) < 4.78 is 0. The van der Waals surface area contributed by atoms with Gasteiger partial charge >= 0.3 is 0 Å². The van der Waals surface area contributed by atoms with Crippen molar-refractivity contribution in [3.05, 3.63) is 41.0 Å². The number of allylic oxidation sites excluding steroid dienone is 1. The van der Waals surface area contributed by atoms with Crippen LogP contribution in [-0.2, 0) is 9.59 Å². The van der Waals surface area contributed by atoms with Crippen LogP contribution in [0.5, 0.6) is 0 Å². The van der Waals surface area contributed by atoms with E-state index in [0.717, 1.165) is 44.6 Å². The molecule has 5 nitrogen and oxygen atoms in total. The third kappa shape index (κ3) is 6.70. The fourth-order valence-corrected chi connectivity index (χ4v) is 4.20. The summed E-state index contributed by atoms with van der Waals surface area (Å²) in [7, 11) is 0. The summed E-state index contributed by atoms with van der Waals surface area (Å²) in [6.07, 6.45) is 9.96. The van der Waals surface area contributed by atoms with E-state index >= 15 is 0 Å². The van der Waals surface area contributed by atoms with Gasteiger partial charge in [0.25, 0.3) is 0 Å². The van der Waals surface area contributed by atoms with Crippen molar-refractivity contribution in [3.63, 3.8) is 0 Å². The second kappa shape index (κ2) is 10.6. The van der Waals surface area contributed by atoms with E-state index in [4.69, 9.17) is 0 Å². The summed E-state index contributed by atoms with van der Waals surface area (Å²) in [5, 5.41) is 6.11. The molecule has 0 aromatic heterocycles. The predicted octanol–water partition coefficient (Wildman–Crippen LogP) is 3.96. The molecular weight excluding hydrogens is 362 g/mol. The molecule has 0 radical (unpaired) electrons. The Bertz CT molecular complexity index is 748. The lowest BCUT2D eigenvalue weighted by Gasteiger charge is -2.30. The van der Waals surface area contributed by atoms with Crippen LogP contribution >= 0.6 is 0 Å². The molecule has 29 heavy (non-hydrogen) atoms. The highest BCUT2D eigenvalue weighted by atomic mass is 16.2. The van der Waals surface area contributed by atoms with Crippen molar-refractivity contribution in [3.8, 4) is 0 Å². The molecule has 1 aliphatic heterocycles. The molecular formula is C24H35N3O2. The normalized spacial score (nSPS) is 18.2. The van der Waals surface area contributed by atoms with Gasteiger partial charge < -0.3 is 10.6 Å². The maximum Gasteiger partial charge on any atom is 0.238 e. The Kier molecular flexibility index (Phi) is 7.87. The van der Waals surface area contributed by atoms with Crippen LogP contribution < -0.4 is 10.6 Å². The first-order chi connectivity index (χ1) is 14.0. The second-order valence-corrected chi connectivity index (χ2v) is 8.55. The van der Waals surface area contributed by atoms with Gasteiger partial charge in [0, 0.05) is 18.2 Å². The van der Waals surface area contributed by atoms with E-state index in [-0.39, 0.29) is 17.7 Å². The summed E-state index contributed by atoms with van der Waals surface area (Å²) in [6, 6.07) is 5.98. The molecule has 2 aliphatic rings. The average molecular weight is 398 g/mol. The van der Waals surface area contributed by atoms with E-state index < -0.39 is 0 Å². The van der Waals surface area contributed by atoms with Gasteiger partial charge in [0.1, 0.15) is 0 Å². The van der Waals surface area contributed by atoms with E-state index in [0.29, 0.717) is 6.54 Å². The van der Waals surface area contributed by atoms with Crippen molar-refractivity contribution < 1.29 is 9.59 Å². The molecule has 5 heteroatoms. The number of hydrogen-bond donors (Lipinski definition) is 2. The quantitative estimate of drug-likeness (QED) is 0.685. The van der Waals surface area contributed by atoms with Crippen molar-refractivity contribution >= 4 is 17.5 Å². The van der Waals surface area contributed by atoms with E-state index in [9.17, 15) is 9.59 Å². The van der Waals surface area contributed by atoms with Gasteiger partial charge in [0.05, 0.1) is 6.54 Å². The first-order valence-corrected chi connectivity index (χ1v) is 11.1. The highest BCUT2D eigenvalue weighted by Crippen LogP contribution is 2.21. The van der Waals surface area contributed by atoms with Crippen LogP contribution in [0.2, 0.25) is 0 Å². The molecule has 0 spiro atoms. The number of anilines is 1. The highest BCUT2D eigenvalue weighted by Gasteiger charge is 2.25. The minimum absolute atomic E-state index is 0.0110. The number of benzene rings is 1. The van der Waals surface area contributed by atoms with Crippen LogP contribution in [0.4, 0.5) is 5.69 Å². The Morgan fingerprint density at radius 2 is 1.90 bits per heavy atom. The number of likely N-dealkylation sites (tertiary alicyclic amines) is 1. The Morgan fingerprint density at radius 1 is 1.10 bits per heavy atom. The van der Waals surface area contributed by atoms with Gasteiger partial charge in [-0.25, -0.2) is 0 Å².